The molecule has 2 aromatic carbocycles. The lowest BCUT2D eigenvalue weighted by molar-refractivity contribution is 0.272. The maximum Gasteiger partial charge on any atom is 0.0449 e. The molecule has 1 unspecified atom stereocenters. The maximum absolute atomic E-state index is 3.68. The van der Waals surface area contributed by atoms with E-state index in [9.17, 15) is 0 Å². The van der Waals surface area contributed by atoms with Gasteiger partial charge in [-0.15, -0.1) is 0 Å². The molecule has 0 bridgehead atoms. The van der Waals surface area contributed by atoms with Crippen LogP contribution in [0.2, 0.25) is 0 Å². The molecule has 3 rings (SSSR count). The Hall–Kier alpha value is -1.64. The minimum atomic E-state index is 0.462. The van der Waals surface area contributed by atoms with Crippen molar-refractivity contribution in [2.75, 3.05) is 26.2 Å². The number of rotatable bonds is 4. The van der Waals surface area contributed by atoms with Crippen LogP contribution in [0.15, 0.2) is 60.7 Å². The Bertz CT molecular complexity index is 524. The normalized spacial score (nSPS) is 20.1. The van der Waals surface area contributed by atoms with Gasteiger partial charge in [-0.3, -0.25) is 0 Å². The SMILES string of the molecule is c1ccc(CCN2CCCNC(c3ccccc3)C2)cc1. The lowest BCUT2D eigenvalue weighted by atomic mass is 10.1. The van der Waals surface area contributed by atoms with Gasteiger partial charge in [-0.25, -0.2) is 0 Å². The Balaban J connectivity index is 1.60. The van der Waals surface area contributed by atoms with Gasteiger partial charge in [0.05, 0.1) is 0 Å². The molecule has 0 aliphatic carbocycles. The van der Waals surface area contributed by atoms with Gasteiger partial charge in [-0.1, -0.05) is 60.7 Å². The molecule has 1 N–H and O–H groups in total. The molecular formula is C19H24N2. The Morgan fingerprint density at radius 3 is 2.43 bits per heavy atom. The monoisotopic (exact) mass is 280 g/mol. The average Bonchev–Trinajstić information content (AvgIpc) is 2.80. The topological polar surface area (TPSA) is 15.3 Å². The van der Waals surface area contributed by atoms with Crippen molar-refractivity contribution >= 4 is 0 Å². The summed E-state index contributed by atoms with van der Waals surface area (Å²) < 4.78 is 0. The van der Waals surface area contributed by atoms with Crippen LogP contribution in [-0.2, 0) is 6.42 Å². The zero-order valence-electron chi connectivity index (χ0n) is 12.5. The van der Waals surface area contributed by atoms with Crippen molar-refractivity contribution in [3.05, 3.63) is 71.8 Å². The summed E-state index contributed by atoms with van der Waals surface area (Å²) in [5.41, 5.74) is 2.84. The molecule has 1 heterocycles. The van der Waals surface area contributed by atoms with Gasteiger partial charge in [-0.05, 0) is 37.1 Å². The summed E-state index contributed by atoms with van der Waals surface area (Å²) in [6.45, 7) is 4.57. The third-order valence-electron chi connectivity index (χ3n) is 4.24. The number of benzene rings is 2. The van der Waals surface area contributed by atoms with E-state index in [1.54, 1.807) is 0 Å². The van der Waals surface area contributed by atoms with Crippen LogP contribution in [0.25, 0.3) is 0 Å². The first-order valence-corrected chi connectivity index (χ1v) is 7.96. The number of hydrogen-bond acceptors (Lipinski definition) is 2. The summed E-state index contributed by atoms with van der Waals surface area (Å²) in [7, 11) is 0. The zero-order chi connectivity index (χ0) is 14.3. The highest BCUT2D eigenvalue weighted by Gasteiger charge is 2.18. The van der Waals surface area contributed by atoms with E-state index in [0.717, 1.165) is 26.1 Å². The fraction of sp³-hybridized carbons (Fsp3) is 0.368. The summed E-state index contributed by atoms with van der Waals surface area (Å²) in [6, 6.07) is 22.1. The first kappa shape index (κ1) is 14.3. The van der Waals surface area contributed by atoms with Gasteiger partial charge in [0.2, 0.25) is 0 Å². The van der Waals surface area contributed by atoms with Gasteiger partial charge in [-0.2, -0.15) is 0 Å². The Morgan fingerprint density at radius 2 is 1.67 bits per heavy atom. The first-order valence-electron chi connectivity index (χ1n) is 7.96. The largest absolute Gasteiger partial charge is 0.309 e. The molecule has 2 heteroatoms. The summed E-state index contributed by atoms with van der Waals surface area (Å²) in [5.74, 6) is 0. The predicted octanol–water partition coefficient (Wildman–Crippen LogP) is 3.27. The van der Waals surface area contributed by atoms with Crippen LogP contribution in [0.4, 0.5) is 0 Å². The smallest absolute Gasteiger partial charge is 0.0449 e. The summed E-state index contributed by atoms with van der Waals surface area (Å²) in [5, 5.41) is 3.68. The van der Waals surface area contributed by atoms with E-state index >= 15 is 0 Å². The van der Waals surface area contributed by atoms with E-state index < -0.39 is 0 Å². The van der Waals surface area contributed by atoms with Crippen molar-refractivity contribution in [1.82, 2.24) is 10.2 Å². The maximum atomic E-state index is 3.68. The van der Waals surface area contributed by atoms with Crippen LogP contribution in [-0.4, -0.2) is 31.1 Å². The highest BCUT2D eigenvalue weighted by Crippen LogP contribution is 2.17. The van der Waals surface area contributed by atoms with Crippen molar-refractivity contribution < 1.29 is 0 Å². The van der Waals surface area contributed by atoms with Crippen LogP contribution in [0.1, 0.15) is 23.6 Å². The van der Waals surface area contributed by atoms with E-state index in [1.165, 1.54) is 24.1 Å². The molecule has 1 atom stereocenters. The summed E-state index contributed by atoms with van der Waals surface area (Å²) in [4.78, 5) is 2.60. The third-order valence-corrected chi connectivity index (χ3v) is 4.24. The molecular weight excluding hydrogens is 256 g/mol. The second-order valence-electron chi connectivity index (χ2n) is 5.81. The van der Waals surface area contributed by atoms with Crippen molar-refractivity contribution in [3.8, 4) is 0 Å². The van der Waals surface area contributed by atoms with Crippen molar-refractivity contribution in [2.45, 2.75) is 18.9 Å². The van der Waals surface area contributed by atoms with Gasteiger partial charge in [0.15, 0.2) is 0 Å². The molecule has 21 heavy (non-hydrogen) atoms. The van der Waals surface area contributed by atoms with Gasteiger partial charge in [0, 0.05) is 19.1 Å². The fourth-order valence-corrected chi connectivity index (χ4v) is 3.04. The second kappa shape index (κ2) is 7.39. The molecule has 110 valence electrons. The Kier molecular flexibility index (Phi) is 5.03. The zero-order valence-corrected chi connectivity index (χ0v) is 12.5. The molecule has 1 aliphatic heterocycles. The van der Waals surface area contributed by atoms with Crippen molar-refractivity contribution in [2.24, 2.45) is 0 Å². The molecule has 2 aromatic rings. The molecule has 0 aromatic heterocycles. The first-order chi connectivity index (χ1) is 10.4. The number of nitrogens with zero attached hydrogens (tertiary/aromatic N) is 1. The predicted molar refractivity (Wildman–Crippen MR) is 88.4 cm³/mol. The minimum absolute atomic E-state index is 0.462. The summed E-state index contributed by atoms with van der Waals surface area (Å²) >= 11 is 0. The van der Waals surface area contributed by atoms with E-state index in [2.05, 4.69) is 70.9 Å². The van der Waals surface area contributed by atoms with Crippen LogP contribution in [0.3, 0.4) is 0 Å². The highest BCUT2D eigenvalue weighted by atomic mass is 15.2. The van der Waals surface area contributed by atoms with Crippen LogP contribution in [0, 0.1) is 0 Å². The highest BCUT2D eigenvalue weighted by molar-refractivity contribution is 5.20. The molecule has 1 aliphatic rings. The lowest BCUT2D eigenvalue weighted by Crippen LogP contribution is -2.32. The van der Waals surface area contributed by atoms with Crippen molar-refractivity contribution in [3.63, 3.8) is 0 Å². The molecule has 0 amide bonds. The van der Waals surface area contributed by atoms with Gasteiger partial charge in [0.25, 0.3) is 0 Å². The standard InChI is InChI=1S/C19H24N2/c1-3-8-17(9-4-1)12-15-21-14-7-13-20-19(16-21)18-10-5-2-6-11-18/h1-6,8-11,19-20H,7,12-16H2. The quantitative estimate of drug-likeness (QED) is 0.924. The molecule has 0 saturated carbocycles. The van der Waals surface area contributed by atoms with E-state index in [0.29, 0.717) is 6.04 Å². The van der Waals surface area contributed by atoms with Crippen LogP contribution >= 0.6 is 0 Å². The average molecular weight is 280 g/mol. The molecule has 0 spiro atoms. The molecule has 1 saturated heterocycles. The van der Waals surface area contributed by atoms with Gasteiger partial charge in [0.1, 0.15) is 0 Å². The van der Waals surface area contributed by atoms with E-state index in [-0.39, 0.29) is 0 Å². The Morgan fingerprint density at radius 1 is 0.952 bits per heavy atom. The minimum Gasteiger partial charge on any atom is -0.309 e. The molecule has 2 nitrogen and oxygen atoms in total. The van der Waals surface area contributed by atoms with E-state index in [4.69, 9.17) is 0 Å². The molecule has 1 fully saturated rings. The fourth-order valence-electron chi connectivity index (χ4n) is 3.04. The number of nitrogens with one attached hydrogen (secondary N) is 1. The van der Waals surface area contributed by atoms with Gasteiger partial charge >= 0.3 is 0 Å². The lowest BCUT2D eigenvalue weighted by Gasteiger charge is -2.24. The molecule has 0 radical (unpaired) electrons. The number of hydrogen-bond donors (Lipinski definition) is 1. The van der Waals surface area contributed by atoms with Crippen LogP contribution < -0.4 is 5.32 Å². The summed E-state index contributed by atoms with van der Waals surface area (Å²) in [6.07, 6.45) is 2.38. The Labute approximate surface area is 127 Å². The van der Waals surface area contributed by atoms with Crippen molar-refractivity contribution in [1.29, 1.82) is 0 Å². The van der Waals surface area contributed by atoms with E-state index in [1.807, 2.05) is 0 Å². The second-order valence-corrected chi connectivity index (χ2v) is 5.81. The van der Waals surface area contributed by atoms with Crippen LogP contribution in [0.5, 0.6) is 0 Å². The third kappa shape index (κ3) is 4.16. The van der Waals surface area contributed by atoms with Gasteiger partial charge < -0.3 is 10.2 Å².